The van der Waals surface area contributed by atoms with E-state index in [1.165, 1.54) is 11.8 Å². The Hall–Kier alpha value is -2.57. The van der Waals surface area contributed by atoms with Crippen molar-refractivity contribution in [2.75, 3.05) is 6.54 Å². The molecule has 0 unspecified atom stereocenters. The number of carbonyl (C=O) groups is 3. The summed E-state index contributed by atoms with van der Waals surface area (Å²) in [4.78, 5) is 35.9. The van der Waals surface area contributed by atoms with Gasteiger partial charge in [0.1, 0.15) is 18.7 Å². The Bertz CT molecular complexity index is 560. The van der Waals surface area contributed by atoms with Crippen LogP contribution in [0.2, 0.25) is 0 Å². The first-order chi connectivity index (χ1) is 10.5. The minimum absolute atomic E-state index is 0.114. The molecule has 1 aromatic carbocycles. The van der Waals surface area contributed by atoms with E-state index in [2.05, 4.69) is 5.32 Å². The molecule has 1 aliphatic heterocycles. The van der Waals surface area contributed by atoms with Crippen molar-refractivity contribution in [3.8, 4) is 0 Å². The standard InChI is InChI=1S/C15H18N2O5/c1-10(14(19)20)17-8-7-12(13(17)18)16-15(21)22-9-11-5-3-2-4-6-11/h2-6,10,12H,7-9H2,1H3,(H,16,21)(H,19,20)/t10-,12+/m1/s1. The molecule has 0 aliphatic carbocycles. The number of carboxylic acid groups (broad SMARTS) is 1. The van der Waals surface area contributed by atoms with Crippen molar-refractivity contribution >= 4 is 18.0 Å². The van der Waals surface area contributed by atoms with Gasteiger partial charge in [0, 0.05) is 6.54 Å². The number of likely N-dealkylation sites (tertiary alicyclic amines) is 1. The van der Waals surface area contributed by atoms with Gasteiger partial charge in [0.15, 0.2) is 0 Å². The zero-order valence-corrected chi connectivity index (χ0v) is 12.2. The van der Waals surface area contributed by atoms with Gasteiger partial charge in [0.25, 0.3) is 0 Å². The molecule has 0 aromatic heterocycles. The van der Waals surface area contributed by atoms with Crippen molar-refractivity contribution < 1.29 is 24.2 Å². The van der Waals surface area contributed by atoms with Crippen molar-refractivity contribution in [2.24, 2.45) is 0 Å². The van der Waals surface area contributed by atoms with Gasteiger partial charge in [0.05, 0.1) is 0 Å². The molecule has 0 saturated carbocycles. The fourth-order valence-electron chi connectivity index (χ4n) is 2.26. The summed E-state index contributed by atoms with van der Waals surface area (Å²) in [7, 11) is 0. The number of benzene rings is 1. The van der Waals surface area contributed by atoms with Gasteiger partial charge in [0.2, 0.25) is 5.91 Å². The maximum Gasteiger partial charge on any atom is 0.408 e. The Balaban J connectivity index is 1.82. The molecule has 1 aromatic rings. The SMILES string of the molecule is C[C@H](C(=O)O)N1CC[C@H](NC(=O)OCc2ccccc2)C1=O. The molecule has 1 fully saturated rings. The van der Waals surface area contributed by atoms with E-state index < -0.39 is 30.1 Å². The molecule has 2 N–H and O–H groups in total. The molecule has 0 bridgehead atoms. The second-order valence-corrected chi connectivity index (χ2v) is 5.09. The molecular formula is C15H18N2O5. The van der Waals surface area contributed by atoms with E-state index in [4.69, 9.17) is 9.84 Å². The van der Waals surface area contributed by atoms with Gasteiger partial charge < -0.3 is 20.1 Å². The maximum absolute atomic E-state index is 12.1. The van der Waals surface area contributed by atoms with Gasteiger partial charge in [-0.05, 0) is 18.9 Å². The van der Waals surface area contributed by atoms with Crippen molar-refractivity contribution in [1.82, 2.24) is 10.2 Å². The number of amides is 2. The van der Waals surface area contributed by atoms with Gasteiger partial charge in [-0.15, -0.1) is 0 Å². The number of hydrogen-bond donors (Lipinski definition) is 2. The Morgan fingerprint density at radius 1 is 1.41 bits per heavy atom. The molecule has 22 heavy (non-hydrogen) atoms. The second-order valence-electron chi connectivity index (χ2n) is 5.09. The van der Waals surface area contributed by atoms with Crippen molar-refractivity contribution in [3.05, 3.63) is 35.9 Å². The number of hydrogen-bond acceptors (Lipinski definition) is 4. The number of carbonyl (C=O) groups excluding carboxylic acids is 2. The summed E-state index contributed by atoms with van der Waals surface area (Å²) < 4.78 is 5.04. The fraction of sp³-hybridized carbons (Fsp3) is 0.400. The Labute approximate surface area is 127 Å². The highest BCUT2D eigenvalue weighted by Crippen LogP contribution is 2.15. The first kappa shape index (κ1) is 15.8. The third kappa shape index (κ3) is 3.75. The third-order valence-electron chi connectivity index (χ3n) is 3.57. The fourth-order valence-corrected chi connectivity index (χ4v) is 2.26. The lowest BCUT2D eigenvalue weighted by molar-refractivity contribution is -0.147. The summed E-state index contributed by atoms with van der Waals surface area (Å²) >= 11 is 0. The monoisotopic (exact) mass is 306 g/mol. The quantitative estimate of drug-likeness (QED) is 0.845. The number of carboxylic acids is 1. The number of rotatable bonds is 5. The molecule has 2 atom stereocenters. The molecule has 7 nitrogen and oxygen atoms in total. The number of alkyl carbamates (subject to hydrolysis) is 1. The van der Waals surface area contributed by atoms with Gasteiger partial charge in [-0.2, -0.15) is 0 Å². The van der Waals surface area contributed by atoms with Crippen molar-refractivity contribution in [1.29, 1.82) is 0 Å². The van der Waals surface area contributed by atoms with E-state index in [1.807, 2.05) is 30.3 Å². The minimum Gasteiger partial charge on any atom is -0.480 e. The van der Waals surface area contributed by atoms with Gasteiger partial charge >= 0.3 is 12.1 Å². The Morgan fingerprint density at radius 3 is 2.73 bits per heavy atom. The second kappa shape index (κ2) is 6.93. The zero-order valence-electron chi connectivity index (χ0n) is 12.2. The Kier molecular flexibility index (Phi) is 4.98. The lowest BCUT2D eigenvalue weighted by Gasteiger charge is -2.21. The lowest BCUT2D eigenvalue weighted by atomic mass is 10.2. The number of ether oxygens (including phenoxy) is 1. The smallest absolute Gasteiger partial charge is 0.408 e. The lowest BCUT2D eigenvalue weighted by Crippen LogP contribution is -2.46. The summed E-state index contributed by atoms with van der Waals surface area (Å²) in [6.45, 7) is 1.86. The number of nitrogens with one attached hydrogen (secondary N) is 1. The van der Waals surface area contributed by atoms with Crippen molar-refractivity contribution in [2.45, 2.75) is 32.0 Å². The molecule has 7 heteroatoms. The average molecular weight is 306 g/mol. The number of nitrogens with zero attached hydrogens (tertiary/aromatic N) is 1. The van der Waals surface area contributed by atoms with E-state index in [-0.39, 0.29) is 6.61 Å². The van der Waals surface area contributed by atoms with Crippen LogP contribution in [0.5, 0.6) is 0 Å². The molecule has 2 rings (SSSR count). The normalized spacial score (nSPS) is 18.9. The van der Waals surface area contributed by atoms with E-state index in [1.54, 1.807) is 0 Å². The van der Waals surface area contributed by atoms with Crippen LogP contribution >= 0.6 is 0 Å². The topological polar surface area (TPSA) is 95.9 Å². The summed E-state index contributed by atoms with van der Waals surface area (Å²) in [6.07, 6.45) is -0.316. The van der Waals surface area contributed by atoms with Crippen molar-refractivity contribution in [3.63, 3.8) is 0 Å². The average Bonchev–Trinajstić information content (AvgIpc) is 2.86. The van der Waals surface area contributed by atoms with E-state index >= 15 is 0 Å². The minimum atomic E-state index is -1.07. The predicted molar refractivity (Wildman–Crippen MR) is 77.0 cm³/mol. The number of aliphatic carboxylic acids is 1. The first-order valence-corrected chi connectivity index (χ1v) is 6.99. The van der Waals surface area contributed by atoms with Gasteiger partial charge in [-0.1, -0.05) is 30.3 Å². The molecule has 1 heterocycles. The maximum atomic E-state index is 12.1. The van der Waals surface area contributed by atoms with Crippen LogP contribution in [0.3, 0.4) is 0 Å². The summed E-state index contributed by atoms with van der Waals surface area (Å²) in [5.41, 5.74) is 0.844. The molecular weight excluding hydrogens is 288 g/mol. The summed E-state index contributed by atoms with van der Waals surface area (Å²) in [5.74, 6) is -1.47. The van der Waals surface area contributed by atoms with Crippen LogP contribution in [0.15, 0.2) is 30.3 Å². The van der Waals surface area contributed by atoms with Crippen LogP contribution in [-0.4, -0.2) is 46.6 Å². The summed E-state index contributed by atoms with van der Waals surface area (Å²) in [6, 6.07) is 7.54. The third-order valence-corrected chi connectivity index (χ3v) is 3.57. The summed E-state index contributed by atoms with van der Waals surface area (Å²) in [5, 5.41) is 11.4. The molecule has 1 saturated heterocycles. The van der Waals surface area contributed by atoms with E-state index in [9.17, 15) is 14.4 Å². The highest BCUT2D eigenvalue weighted by atomic mass is 16.5. The van der Waals surface area contributed by atoms with Crippen LogP contribution in [0.1, 0.15) is 18.9 Å². The highest BCUT2D eigenvalue weighted by molar-refractivity contribution is 5.90. The van der Waals surface area contributed by atoms with Crippen LogP contribution < -0.4 is 5.32 Å². The molecule has 2 amide bonds. The van der Waals surface area contributed by atoms with E-state index in [0.29, 0.717) is 13.0 Å². The molecule has 0 spiro atoms. The molecule has 1 aliphatic rings. The zero-order chi connectivity index (χ0) is 16.1. The Morgan fingerprint density at radius 2 is 2.09 bits per heavy atom. The van der Waals surface area contributed by atoms with Crippen LogP contribution in [0, 0.1) is 0 Å². The largest absolute Gasteiger partial charge is 0.480 e. The highest BCUT2D eigenvalue weighted by Gasteiger charge is 2.37. The molecule has 0 radical (unpaired) electrons. The van der Waals surface area contributed by atoms with Crippen LogP contribution in [0.4, 0.5) is 4.79 Å². The van der Waals surface area contributed by atoms with Gasteiger partial charge in [-0.3, -0.25) is 4.79 Å². The predicted octanol–water partition coefficient (Wildman–Crippen LogP) is 0.987. The van der Waals surface area contributed by atoms with Gasteiger partial charge in [-0.25, -0.2) is 9.59 Å². The first-order valence-electron chi connectivity index (χ1n) is 6.99. The van der Waals surface area contributed by atoms with Crippen LogP contribution in [-0.2, 0) is 20.9 Å². The van der Waals surface area contributed by atoms with E-state index in [0.717, 1.165) is 5.56 Å². The molecule has 118 valence electrons. The van der Waals surface area contributed by atoms with Crippen LogP contribution in [0.25, 0.3) is 0 Å².